The van der Waals surface area contributed by atoms with Crippen molar-refractivity contribution in [3.63, 3.8) is 0 Å². The van der Waals surface area contributed by atoms with Gasteiger partial charge in [-0.15, -0.1) is 0 Å². The van der Waals surface area contributed by atoms with Crippen LogP contribution in [0, 0.1) is 18.6 Å². The standard InChI is InChI=1S/C40H37F5O3S/c1-3-4-5-6-7-8-9-28-10-12-29(13-11-28)33-20-23-35(27(2)26-33)30-14-16-31(17-15-30)36-24-25-37(39(42)38(36)41)32-18-21-34(22-19-32)48-49(46,47)40(43,44)45/h10-26H,3-9H2,1-2H3. The zero-order valence-corrected chi connectivity index (χ0v) is 28.1. The molecule has 0 aliphatic heterocycles. The van der Waals surface area contributed by atoms with Crippen molar-refractivity contribution >= 4 is 10.1 Å². The summed E-state index contributed by atoms with van der Waals surface area (Å²) in [5.74, 6) is -2.86. The van der Waals surface area contributed by atoms with Gasteiger partial charge >= 0.3 is 15.6 Å². The molecule has 0 saturated heterocycles. The van der Waals surface area contributed by atoms with Gasteiger partial charge in [0.2, 0.25) is 0 Å². The molecule has 0 radical (unpaired) electrons. The van der Waals surface area contributed by atoms with E-state index in [4.69, 9.17) is 0 Å². The summed E-state index contributed by atoms with van der Waals surface area (Å²) in [5, 5.41) is 0. The largest absolute Gasteiger partial charge is 0.534 e. The van der Waals surface area contributed by atoms with Crippen molar-refractivity contribution < 1.29 is 34.6 Å². The molecule has 0 aliphatic rings. The number of unbranched alkanes of at least 4 members (excludes halogenated alkanes) is 5. The van der Waals surface area contributed by atoms with E-state index in [1.165, 1.54) is 56.2 Å². The van der Waals surface area contributed by atoms with Crippen LogP contribution in [0.4, 0.5) is 22.0 Å². The molecule has 0 unspecified atom stereocenters. The number of rotatable bonds is 13. The smallest absolute Gasteiger partial charge is 0.376 e. The van der Waals surface area contributed by atoms with E-state index in [9.17, 15) is 21.6 Å². The minimum atomic E-state index is -5.86. The fourth-order valence-electron chi connectivity index (χ4n) is 5.83. The van der Waals surface area contributed by atoms with Crippen molar-refractivity contribution in [1.29, 1.82) is 0 Å². The molecule has 0 N–H and O–H groups in total. The first-order valence-corrected chi connectivity index (χ1v) is 17.7. The van der Waals surface area contributed by atoms with E-state index in [-0.39, 0.29) is 16.7 Å². The Labute approximate surface area is 284 Å². The first-order valence-electron chi connectivity index (χ1n) is 16.3. The predicted molar refractivity (Wildman–Crippen MR) is 186 cm³/mol. The van der Waals surface area contributed by atoms with Crippen LogP contribution in [0.2, 0.25) is 0 Å². The van der Waals surface area contributed by atoms with Crippen LogP contribution in [0.15, 0.2) is 103 Å². The molecular formula is C40H37F5O3S. The molecule has 49 heavy (non-hydrogen) atoms. The zero-order valence-electron chi connectivity index (χ0n) is 27.3. The second-order valence-electron chi connectivity index (χ2n) is 12.1. The number of alkyl halides is 3. The molecule has 5 rings (SSSR count). The van der Waals surface area contributed by atoms with Gasteiger partial charge in [0.15, 0.2) is 11.6 Å². The Morgan fingerprint density at radius 3 is 1.55 bits per heavy atom. The molecule has 5 aromatic carbocycles. The van der Waals surface area contributed by atoms with Gasteiger partial charge in [-0.1, -0.05) is 130 Å². The summed E-state index contributed by atoms with van der Waals surface area (Å²) in [4.78, 5) is 0. The van der Waals surface area contributed by atoms with Crippen LogP contribution in [0.3, 0.4) is 0 Å². The summed E-state index contributed by atoms with van der Waals surface area (Å²) in [6, 6.07) is 29.1. The highest BCUT2D eigenvalue weighted by atomic mass is 32.2. The summed E-state index contributed by atoms with van der Waals surface area (Å²) in [7, 11) is -5.86. The summed E-state index contributed by atoms with van der Waals surface area (Å²) in [6.45, 7) is 4.27. The molecule has 0 spiro atoms. The maximum absolute atomic E-state index is 15.3. The van der Waals surface area contributed by atoms with Crippen LogP contribution in [0.5, 0.6) is 5.75 Å². The van der Waals surface area contributed by atoms with Crippen LogP contribution in [-0.2, 0) is 16.5 Å². The van der Waals surface area contributed by atoms with E-state index in [0.29, 0.717) is 5.56 Å². The van der Waals surface area contributed by atoms with Crippen LogP contribution >= 0.6 is 0 Å². The Balaban J connectivity index is 1.26. The van der Waals surface area contributed by atoms with Gasteiger partial charge in [-0.25, -0.2) is 8.78 Å². The van der Waals surface area contributed by atoms with Gasteiger partial charge in [0.05, 0.1) is 0 Å². The average Bonchev–Trinajstić information content (AvgIpc) is 3.08. The highest BCUT2D eigenvalue weighted by Gasteiger charge is 2.48. The Morgan fingerprint density at radius 2 is 1.02 bits per heavy atom. The molecule has 256 valence electrons. The van der Waals surface area contributed by atoms with Crippen LogP contribution in [0.25, 0.3) is 44.5 Å². The molecule has 0 fully saturated rings. The highest BCUT2D eigenvalue weighted by molar-refractivity contribution is 7.88. The Morgan fingerprint density at radius 1 is 0.571 bits per heavy atom. The molecule has 0 amide bonds. The number of hydrogen-bond donors (Lipinski definition) is 0. The molecular weight excluding hydrogens is 655 g/mol. The summed E-state index contributed by atoms with van der Waals surface area (Å²) >= 11 is 0. The second-order valence-corrected chi connectivity index (χ2v) is 13.7. The molecule has 0 saturated carbocycles. The Kier molecular flexibility index (Phi) is 11.2. The van der Waals surface area contributed by atoms with Gasteiger partial charge in [-0.2, -0.15) is 21.6 Å². The zero-order chi connectivity index (χ0) is 35.2. The normalized spacial score (nSPS) is 11.9. The SMILES string of the molecule is CCCCCCCCc1ccc(-c2ccc(-c3ccc(-c4ccc(-c5ccc(OS(=O)(=O)C(F)(F)F)cc5)c(F)c4F)cc3)c(C)c2)cc1. The summed E-state index contributed by atoms with van der Waals surface area (Å²) in [6.07, 6.45) is 8.78. The van der Waals surface area contributed by atoms with Crippen molar-refractivity contribution in [3.8, 4) is 50.3 Å². The molecule has 0 atom stereocenters. The van der Waals surface area contributed by atoms with Crippen LogP contribution < -0.4 is 4.18 Å². The molecule has 0 aromatic heterocycles. The third-order valence-corrected chi connectivity index (χ3v) is 9.56. The van der Waals surface area contributed by atoms with Crippen molar-refractivity contribution in [3.05, 3.63) is 126 Å². The topological polar surface area (TPSA) is 43.4 Å². The van der Waals surface area contributed by atoms with E-state index >= 15 is 8.78 Å². The van der Waals surface area contributed by atoms with E-state index in [1.54, 1.807) is 12.1 Å². The van der Waals surface area contributed by atoms with Gasteiger partial charge in [0.25, 0.3) is 0 Å². The van der Waals surface area contributed by atoms with Crippen molar-refractivity contribution in [2.75, 3.05) is 0 Å². The average molecular weight is 693 g/mol. The monoisotopic (exact) mass is 692 g/mol. The number of hydrogen-bond acceptors (Lipinski definition) is 3. The molecule has 5 aromatic rings. The van der Waals surface area contributed by atoms with Crippen molar-refractivity contribution in [1.82, 2.24) is 0 Å². The fourth-order valence-corrected chi connectivity index (χ4v) is 6.29. The molecule has 9 heteroatoms. The van der Waals surface area contributed by atoms with E-state index in [2.05, 4.69) is 53.6 Å². The molecule has 0 bridgehead atoms. The number of aryl methyl sites for hydroxylation is 2. The maximum atomic E-state index is 15.3. The third-order valence-electron chi connectivity index (χ3n) is 8.58. The lowest BCUT2D eigenvalue weighted by Crippen LogP contribution is -2.28. The Hall–Kier alpha value is -4.50. The van der Waals surface area contributed by atoms with Gasteiger partial charge in [-0.3, -0.25) is 0 Å². The number of benzene rings is 5. The van der Waals surface area contributed by atoms with Gasteiger partial charge in [-0.05, 0) is 76.4 Å². The van der Waals surface area contributed by atoms with Gasteiger partial charge in [0.1, 0.15) is 5.75 Å². The van der Waals surface area contributed by atoms with Crippen LogP contribution in [-0.4, -0.2) is 13.9 Å². The van der Waals surface area contributed by atoms with Crippen LogP contribution in [0.1, 0.15) is 56.6 Å². The first-order chi connectivity index (χ1) is 23.4. The van der Waals surface area contributed by atoms with E-state index < -0.39 is 33.0 Å². The summed E-state index contributed by atoms with van der Waals surface area (Å²) in [5.41, 5.74) is 1.52. The third kappa shape index (κ3) is 8.57. The lowest BCUT2D eigenvalue weighted by molar-refractivity contribution is -0.0500. The van der Waals surface area contributed by atoms with Gasteiger partial charge in [0, 0.05) is 11.1 Å². The van der Waals surface area contributed by atoms with Gasteiger partial charge < -0.3 is 4.18 Å². The highest BCUT2D eigenvalue weighted by Crippen LogP contribution is 2.35. The lowest BCUT2D eigenvalue weighted by Gasteiger charge is -2.13. The molecule has 0 heterocycles. The minimum absolute atomic E-state index is 0.0380. The van der Waals surface area contributed by atoms with Crippen molar-refractivity contribution in [2.24, 2.45) is 0 Å². The molecule has 3 nitrogen and oxygen atoms in total. The van der Waals surface area contributed by atoms with Crippen molar-refractivity contribution in [2.45, 2.75) is 64.3 Å². The Bertz CT molecular complexity index is 1990. The van der Waals surface area contributed by atoms with E-state index in [1.807, 2.05) is 19.1 Å². The number of halogens is 5. The predicted octanol–water partition coefficient (Wildman–Crippen LogP) is 12.1. The quantitative estimate of drug-likeness (QED) is 0.0534. The first kappa shape index (κ1) is 35.8. The minimum Gasteiger partial charge on any atom is -0.376 e. The van der Waals surface area contributed by atoms with E-state index in [0.717, 1.165) is 58.5 Å². The second kappa shape index (κ2) is 15.4. The summed E-state index contributed by atoms with van der Waals surface area (Å²) < 4.78 is 94.8. The maximum Gasteiger partial charge on any atom is 0.534 e. The molecule has 0 aliphatic carbocycles. The lowest BCUT2D eigenvalue weighted by atomic mass is 9.93. The fraction of sp³-hybridized carbons (Fsp3) is 0.250.